The normalized spacial score (nSPS) is 17.8. The molecule has 0 radical (unpaired) electrons. The summed E-state index contributed by atoms with van der Waals surface area (Å²) in [6.45, 7) is 3.19. The Morgan fingerprint density at radius 1 is 1.14 bits per heavy atom. The average molecular weight is 300 g/mol. The van der Waals surface area contributed by atoms with Crippen LogP contribution in [0.5, 0.6) is 11.5 Å². The second-order valence-electron chi connectivity index (χ2n) is 5.04. The van der Waals surface area contributed by atoms with Crippen molar-refractivity contribution in [3.8, 4) is 11.5 Å². The van der Waals surface area contributed by atoms with Crippen LogP contribution >= 0.6 is 0 Å². The Hall–Kier alpha value is -1.40. The minimum Gasteiger partial charge on any atom is -0.493 e. The number of nitrogens with zero attached hydrogens (tertiary/aromatic N) is 1. The number of piperazine rings is 1. The molecule has 118 valence electrons. The molecule has 1 aliphatic rings. The molecule has 1 aromatic carbocycles. The number of alkyl halides is 2. The second-order valence-corrected chi connectivity index (χ2v) is 5.04. The molecule has 1 heterocycles. The average Bonchev–Trinajstić information content (AvgIpc) is 2.52. The number of benzene rings is 1. The third kappa shape index (κ3) is 4.04. The summed E-state index contributed by atoms with van der Waals surface area (Å²) in [6.07, 6.45) is -2.51. The first-order valence-electron chi connectivity index (χ1n) is 7.10. The van der Waals surface area contributed by atoms with Gasteiger partial charge in [0.15, 0.2) is 11.5 Å². The SMILES string of the molecule is COc1ccc([C@@H](CC(F)F)N2CCNCC2)cc1OC. The molecule has 1 aliphatic heterocycles. The summed E-state index contributed by atoms with van der Waals surface area (Å²) in [5.41, 5.74) is 0.842. The van der Waals surface area contributed by atoms with Crippen LogP contribution in [0, 0.1) is 0 Å². The lowest BCUT2D eigenvalue weighted by atomic mass is 10.0. The van der Waals surface area contributed by atoms with Gasteiger partial charge in [-0.2, -0.15) is 0 Å². The molecule has 4 nitrogen and oxygen atoms in total. The van der Waals surface area contributed by atoms with E-state index in [2.05, 4.69) is 10.2 Å². The highest BCUT2D eigenvalue weighted by Crippen LogP contribution is 2.34. The Kier molecular flexibility index (Phi) is 5.76. The number of hydrogen-bond acceptors (Lipinski definition) is 4. The second kappa shape index (κ2) is 7.56. The summed E-state index contributed by atoms with van der Waals surface area (Å²) < 4.78 is 36.4. The van der Waals surface area contributed by atoms with E-state index in [0.29, 0.717) is 11.5 Å². The summed E-state index contributed by atoms with van der Waals surface area (Å²) in [7, 11) is 3.11. The molecule has 0 bridgehead atoms. The Morgan fingerprint density at radius 2 is 1.81 bits per heavy atom. The highest BCUT2D eigenvalue weighted by atomic mass is 19.3. The number of nitrogens with one attached hydrogen (secondary N) is 1. The van der Waals surface area contributed by atoms with Gasteiger partial charge in [-0.1, -0.05) is 6.07 Å². The van der Waals surface area contributed by atoms with E-state index in [1.54, 1.807) is 26.4 Å². The van der Waals surface area contributed by atoms with Crippen molar-refractivity contribution in [3.63, 3.8) is 0 Å². The minimum absolute atomic E-state index is 0.171. The molecular weight excluding hydrogens is 278 g/mol. The third-order valence-electron chi connectivity index (χ3n) is 3.79. The van der Waals surface area contributed by atoms with E-state index >= 15 is 0 Å². The van der Waals surface area contributed by atoms with Crippen LogP contribution in [0.2, 0.25) is 0 Å². The largest absolute Gasteiger partial charge is 0.493 e. The molecular formula is C15H22F2N2O2. The van der Waals surface area contributed by atoms with Crippen molar-refractivity contribution in [2.45, 2.75) is 18.9 Å². The van der Waals surface area contributed by atoms with Crippen LogP contribution in [0.1, 0.15) is 18.0 Å². The van der Waals surface area contributed by atoms with Gasteiger partial charge in [0.2, 0.25) is 6.43 Å². The van der Waals surface area contributed by atoms with Gasteiger partial charge in [0.05, 0.1) is 14.2 Å². The summed E-state index contributed by atoms with van der Waals surface area (Å²) >= 11 is 0. The number of rotatable bonds is 6. The molecule has 0 aromatic heterocycles. The quantitative estimate of drug-likeness (QED) is 0.874. The van der Waals surface area contributed by atoms with Gasteiger partial charge in [0.25, 0.3) is 0 Å². The highest BCUT2D eigenvalue weighted by Gasteiger charge is 2.26. The van der Waals surface area contributed by atoms with Gasteiger partial charge >= 0.3 is 0 Å². The Bertz CT molecular complexity index is 451. The fourth-order valence-corrected chi connectivity index (χ4v) is 2.72. The number of methoxy groups -OCH3 is 2. The maximum absolute atomic E-state index is 13.0. The first kappa shape index (κ1) is 16.0. The van der Waals surface area contributed by atoms with Crippen molar-refractivity contribution in [1.82, 2.24) is 10.2 Å². The van der Waals surface area contributed by atoms with Gasteiger partial charge in [-0.05, 0) is 17.7 Å². The first-order chi connectivity index (χ1) is 10.2. The molecule has 1 N–H and O–H groups in total. The Labute approximate surface area is 124 Å². The standard InChI is InChI=1S/C15H22F2N2O2/c1-20-13-4-3-11(9-14(13)21-2)12(10-15(16)17)19-7-5-18-6-8-19/h3-4,9,12,15,18H,5-8,10H2,1-2H3/t12-/m1/s1. The maximum Gasteiger partial charge on any atom is 0.240 e. The molecule has 1 aromatic rings. The smallest absolute Gasteiger partial charge is 0.240 e. The number of ether oxygens (including phenoxy) is 2. The predicted octanol–water partition coefficient (Wildman–Crippen LogP) is 2.31. The molecule has 1 atom stereocenters. The lowest BCUT2D eigenvalue weighted by Gasteiger charge is -2.35. The van der Waals surface area contributed by atoms with E-state index in [1.165, 1.54) is 0 Å². The highest BCUT2D eigenvalue weighted by molar-refractivity contribution is 5.43. The Balaban J connectivity index is 2.26. The molecule has 6 heteroatoms. The van der Waals surface area contributed by atoms with E-state index in [-0.39, 0.29) is 12.5 Å². The molecule has 1 saturated heterocycles. The van der Waals surface area contributed by atoms with Gasteiger partial charge < -0.3 is 14.8 Å². The first-order valence-corrected chi connectivity index (χ1v) is 7.10. The summed E-state index contributed by atoms with van der Waals surface area (Å²) in [4.78, 5) is 2.10. The minimum atomic E-state index is -2.34. The fraction of sp³-hybridized carbons (Fsp3) is 0.600. The molecule has 0 unspecified atom stereocenters. The molecule has 0 aliphatic carbocycles. The fourth-order valence-electron chi connectivity index (χ4n) is 2.72. The van der Waals surface area contributed by atoms with Crippen molar-refractivity contribution < 1.29 is 18.3 Å². The van der Waals surface area contributed by atoms with Gasteiger partial charge in [-0.25, -0.2) is 8.78 Å². The summed E-state index contributed by atoms with van der Waals surface area (Å²) in [5, 5.41) is 3.24. The summed E-state index contributed by atoms with van der Waals surface area (Å²) in [5.74, 6) is 1.18. The van der Waals surface area contributed by atoms with Crippen molar-refractivity contribution in [2.75, 3.05) is 40.4 Å². The monoisotopic (exact) mass is 300 g/mol. The van der Waals surface area contributed by atoms with Crippen molar-refractivity contribution in [1.29, 1.82) is 0 Å². The molecule has 0 saturated carbocycles. The topological polar surface area (TPSA) is 33.7 Å². The molecule has 2 rings (SSSR count). The van der Waals surface area contributed by atoms with Gasteiger partial charge in [-0.15, -0.1) is 0 Å². The van der Waals surface area contributed by atoms with Gasteiger partial charge in [0, 0.05) is 38.6 Å². The van der Waals surface area contributed by atoms with Crippen LogP contribution in [0.25, 0.3) is 0 Å². The molecule has 0 amide bonds. The summed E-state index contributed by atoms with van der Waals surface area (Å²) in [6, 6.07) is 5.12. The van der Waals surface area contributed by atoms with Crippen molar-refractivity contribution in [3.05, 3.63) is 23.8 Å². The predicted molar refractivity (Wildman–Crippen MR) is 77.4 cm³/mol. The van der Waals surface area contributed by atoms with Crippen LogP contribution in [-0.4, -0.2) is 51.7 Å². The zero-order valence-electron chi connectivity index (χ0n) is 12.4. The lowest BCUT2D eigenvalue weighted by molar-refractivity contribution is 0.0738. The number of hydrogen-bond donors (Lipinski definition) is 1. The van der Waals surface area contributed by atoms with Gasteiger partial charge in [-0.3, -0.25) is 4.90 Å². The van der Waals surface area contributed by atoms with E-state index in [0.717, 1.165) is 31.7 Å². The van der Waals surface area contributed by atoms with Gasteiger partial charge in [0.1, 0.15) is 0 Å². The number of halogens is 2. The molecule has 21 heavy (non-hydrogen) atoms. The zero-order chi connectivity index (χ0) is 15.2. The van der Waals surface area contributed by atoms with Crippen LogP contribution in [0.4, 0.5) is 8.78 Å². The lowest BCUT2D eigenvalue weighted by Crippen LogP contribution is -2.45. The van der Waals surface area contributed by atoms with Crippen molar-refractivity contribution in [2.24, 2.45) is 0 Å². The van der Waals surface area contributed by atoms with Crippen LogP contribution in [-0.2, 0) is 0 Å². The maximum atomic E-state index is 13.0. The van der Waals surface area contributed by atoms with Crippen molar-refractivity contribution >= 4 is 0 Å². The van der Waals surface area contributed by atoms with E-state index in [4.69, 9.17) is 9.47 Å². The van der Waals surface area contributed by atoms with Crippen LogP contribution in [0.15, 0.2) is 18.2 Å². The van der Waals surface area contributed by atoms with Crippen LogP contribution in [0.3, 0.4) is 0 Å². The molecule has 1 fully saturated rings. The Morgan fingerprint density at radius 3 is 2.38 bits per heavy atom. The van der Waals surface area contributed by atoms with Crippen LogP contribution < -0.4 is 14.8 Å². The van der Waals surface area contributed by atoms with E-state index in [9.17, 15) is 8.78 Å². The molecule has 0 spiro atoms. The van der Waals surface area contributed by atoms with E-state index < -0.39 is 6.43 Å². The third-order valence-corrected chi connectivity index (χ3v) is 3.79. The van der Waals surface area contributed by atoms with E-state index in [1.807, 2.05) is 6.07 Å². The zero-order valence-corrected chi connectivity index (χ0v) is 12.4.